The molecule has 0 bridgehead atoms. The summed E-state index contributed by atoms with van der Waals surface area (Å²) in [6.45, 7) is 4.74. The van der Waals surface area contributed by atoms with Crippen molar-refractivity contribution in [2.24, 2.45) is 5.92 Å². The lowest BCUT2D eigenvalue weighted by molar-refractivity contribution is -0.132. The van der Waals surface area contributed by atoms with Crippen molar-refractivity contribution in [3.63, 3.8) is 0 Å². The van der Waals surface area contributed by atoms with Crippen molar-refractivity contribution in [2.75, 3.05) is 18.6 Å². The molecule has 1 saturated heterocycles. The van der Waals surface area contributed by atoms with Gasteiger partial charge in [-0.05, 0) is 72.0 Å². The first-order chi connectivity index (χ1) is 20.7. The molecule has 1 amide bonds. The summed E-state index contributed by atoms with van der Waals surface area (Å²) in [5.74, 6) is -0.128. The molecule has 0 saturated carbocycles. The fourth-order valence-corrected chi connectivity index (χ4v) is 6.34. The Morgan fingerprint density at radius 3 is 2.49 bits per heavy atom. The predicted octanol–water partition coefficient (Wildman–Crippen LogP) is 7.03. The molecule has 0 spiro atoms. The van der Waals surface area contributed by atoms with Crippen molar-refractivity contribution in [1.82, 2.24) is 10.2 Å². The van der Waals surface area contributed by atoms with E-state index in [0.29, 0.717) is 45.2 Å². The van der Waals surface area contributed by atoms with Crippen molar-refractivity contribution in [3.8, 4) is 11.5 Å². The van der Waals surface area contributed by atoms with Gasteiger partial charge in [-0.1, -0.05) is 61.2 Å². The average molecular weight is 620 g/mol. The van der Waals surface area contributed by atoms with E-state index in [-0.39, 0.29) is 22.3 Å². The van der Waals surface area contributed by atoms with Crippen LogP contribution in [0, 0.1) is 11.7 Å². The van der Waals surface area contributed by atoms with E-state index in [1.165, 1.54) is 35.9 Å². The Bertz CT molecular complexity index is 1640. The molecule has 1 N–H and O–H groups in total. The first-order valence-electron chi connectivity index (χ1n) is 13.6. The fourth-order valence-electron chi connectivity index (χ4n) is 4.52. The van der Waals surface area contributed by atoms with E-state index >= 15 is 0 Å². The smallest absolute Gasteiger partial charge is 0.301 e. The highest BCUT2D eigenvalue weighted by atomic mass is 32.2. The van der Waals surface area contributed by atoms with Gasteiger partial charge in [0, 0.05) is 11.3 Å². The molecule has 8 nitrogen and oxygen atoms in total. The van der Waals surface area contributed by atoms with Gasteiger partial charge >= 0.3 is 5.91 Å². The molecule has 4 aromatic rings. The largest absolute Gasteiger partial charge is 0.507 e. The number of carbonyl (C=O) groups is 2. The SMILES string of the molecule is COc1ccc(C(O)=C2C(=O)C(=O)N(c3nnc(SCc4ccc(F)cc4)s3)C2c2cccc(OCCC(C)C)c2)cc1. The first-order valence-corrected chi connectivity index (χ1v) is 15.4. The quantitative estimate of drug-likeness (QED) is 0.0628. The van der Waals surface area contributed by atoms with Gasteiger partial charge in [0.2, 0.25) is 5.13 Å². The number of rotatable bonds is 11. The van der Waals surface area contributed by atoms with Crippen LogP contribution < -0.4 is 14.4 Å². The molecule has 2 heterocycles. The molecule has 1 unspecified atom stereocenters. The van der Waals surface area contributed by atoms with E-state index in [4.69, 9.17) is 9.47 Å². The number of carbonyl (C=O) groups excluding carboxylic acids is 2. The normalized spacial score (nSPS) is 16.2. The number of benzene rings is 3. The number of halogens is 1. The van der Waals surface area contributed by atoms with Gasteiger partial charge in [-0.3, -0.25) is 14.5 Å². The Morgan fingerprint density at radius 2 is 1.79 bits per heavy atom. The third kappa shape index (κ3) is 6.89. The second-order valence-electron chi connectivity index (χ2n) is 10.3. The highest BCUT2D eigenvalue weighted by Gasteiger charge is 2.48. The molecule has 1 aromatic heterocycles. The van der Waals surface area contributed by atoms with Crippen molar-refractivity contribution in [1.29, 1.82) is 0 Å². The van der Waals surface area contributed by atoms with Crippen LogP contribution in [-0.4, -0.2) is 40.7 Å². The minimum absolute atomic E-state index is 0.0646. The summed E-state index contributed by atoms with van der Waals surface area (Å²) >= 11 is 2.55. The van der Waals surface area contributed by atoms with Gasteiger partial charge in [0.15, 0.2) is 4.34 Å². The number of ketones is 1. The topological polar surface area (TPSA) is 102 Å². The lowest BCUT2D eigenvalue weighted by Crippen LogP contribution is -2.29. The van der Waals surface area contributed by atoms with Crippen LogP contribution in [0.5, 0.6) is 11.5 Å². The van der Waals surface area contributed by atoms with E-state index in [2.05, 4.69) is 24.0 Å². The monoisotopic (exact) mass is 619 g/mol. The highest BCUT2D eigenvalue weighted by molar-refractivity contribution is 8.00. The number of aromatic nitrogens is 2. The average Bonchev–Trinajstić information content (AvgIpc) is 3.58. The Morgan fingerprint density at radius 1 is 1.05 bits per heavy atom. The summed E-state index contributed by atoms with van der Waals surface area (Å²) in [7, 11) is 1.53. The number of hydrogen-bond donors (Lipinski definition) is 1. The van der Waals surface area contributed by atoms with Crippen LogP contribution in [0.3, 0.4) is 0 Å². The molecule has 1 aliphatic rings. The number of ether oxygens (including phenoxy) is 2. The molecule has 0 aliphatic carbocycles. The maximum Gasteiger partial charge on any atom is 0.301 e. The van der Waals surface area contributed by atoms with Gasteiger partial charge in [0.05, 0.1) is 25.3 Å². The highest BCUT2D eigenvalue weighted by Crippen LogP contribution is 2.44. The number of anilines is 1. The molecule has 3 aromatic carbocycles. The van der Waals surface area contributed by atoms with Crippen molar-refractivity contribution in [3.05, 3.63) is 101 Å². The van der Waals surface area contributed by atoms with Crippen molar-refractivity contribution < 1.29 is 28.6 Å². The third-order valence-electron chi connectivity index (χ3n) is 6.82. The molecule has 5 rings (SSSR count). The van der Waals surface area contributed by atoms with Gasteiger partial charge in [0.25, 0.3) is 5.78 Å². The minimum atomic E-state index is -0.973. The Balaban J connectivity index is 1.52. The second kappa shape index (κ2) is 13.4. The molecule has 1 aliphatic heterocycles. The fraction of sp³-hybridized carbons (Fsp3) is 0.250. The van der Waals surface area contributed by atoms with Crippen LogP contribution in [-0.2, 0) is 15.3 Å². The molecular weight excluding hydrogens is 590 g/mol. The summed E-state index contributed by atoms with van der Waals surface area (Å²) in [4.78, 5) is 28.4. The molecule has 222 valence electrons. The number of aliphatic hydroxyl groups is 1. The third-order valence-corrected chi connectivity index (χ3v) is 8.95. The second-order valence-corrected chi connectivity index (χ2v) is 12.4. The predicted molar refractivity (Wildman–Crippen MR) is 165 cm³/mol. The number of nitrogens with zero attached hydrogens (tertiary/aromatic N) is 3. The summed E-state index contributed by atoms with van der Waals surface area (Å²) < 4.78 is 25.1. The number of methoxy groups -OCH3 is 1. The lowest BCUT2D eigenvalue weighted by atomic mass is 9.95. The molecule has 43 heavy (non-hydrogen) atoms. The number of thioether (sulfide) groups is 1. The maximum absolute atomic E-state index is 13.6. The van der Waals surface area contributed by atoms with Gasteiger partial charge in [0.1, 0.15) is 23.1 Å². The zero-order valence-electron chi connectivity index (χ0n) is 23.8. The number of aliphatic hydroxyl groups excluding tert-OH is 1. The zero-order chi connectivity index (χ0) is 30.5. The van der Waals surface area contributed by atoms with E-state index in [9.17, 15) is 19.1 Å². The standard InChI is InChI=1S/C32H30FN3O5S2/c1-19(2)15-16-41-25-6-4-5-22(17-25)27-26(28(37)21-9-13-24(40-3)14-10-21)29(38)30(39)36(27)31-34-35-32(43-31)42-18-20-7-11-23(33)12-8-20/h4-14,17,19,27,37H,15-16,18H2,1-3H3. The Hall–Kier alpha value is -4.22. The Kier molecular flexibility index (Phi) is 9.42. The molecule has 11 heteroatoms. The van der Waals surface area contributed by atoms with E-state index < -0.39 is 17.7 Å². The van der Waals surface area contributed by atoms with Crippen molar-refractivity contribution >= 4 is 45.7 Å². The van der Waals surface area contributed by atoms with Crippen LogP contribution >= 0.6 is 23.1 Å². The summed E-state index contributed by atoms with van der Waals surface area (Å²) in [6, 6.07) is 18.9. The molecular formula is C32H30FN3O5S2. The van der Waals surface area contributed by atoms with Crippen LogP contribution in [0.25, 0.3) is 5.76 Å². The van der Waals surface area contributed by atoms with Crippen LogP contribution in [0.15, 0.2) is 82.7 Å². The van der Waals surface area contributed by atoms with Gasteiger partial charge < -0.3 is 14.6 Å². The van der Waals surface area contributed by atoms with Crippen LogP contribution in [0.1, 0.15) is 43.0 Å². The van der Waals surface area contributed by atoms with Crippen LogP contribution in [0.4, 0.5) is 9.52 Å². The lowest BCUT2D eigenvalue weighted by Gasteiger charge is -2.23. The molecule has 1 atom stereocenters. The number of Topliss-reactive ketones (excluding diaryl/α,β-unsaturated/α-hetero) is 1. The molecule has 0 radical (unpaired) electrons. The van der Waals surface area contributed by atoms with E-state index in [0.717, 1.165) is 23.3 Å². The first kappa shape index (κ1) is 30.2. The summed E-state index contributed by atoms with van der Waals surface area (Å²) in [5.41, 5.74) is 1.77. The zero-order valence-corrected chi connectivity index (χ0v) is 25.5. The summed E-state index contributed by atoms with van der Waals surface area (Å²) in [5, 5.41) is 20.1. The van der Waals surface area contributed by atoms with Crippen molar-refractivity contribution in [2.45, 2.75) is 36.4 Å². The van der Waals surface area contributed by atoms with Gasteiger partial charge in [-0.2, -0.15) is 0 Å². The Labute approximate surface area is 257 Å². The van der Waals surface area contributed by atoms with E-state index in [1.54, 1.807) is 54.6 Å². The molecule has 1 fully saturated rings. The number of hydrogen-bond acceptors (Lipinski definition) is 9. The number of amides is 1. The van der Waals surface area contributed by atoms with Gasteiger partial charge in [-0.25, -0.2) is 4.39 Å². The van der Waals surface area contributed by atoms with E-state index in [1.807, 2.05) is 6.07 Å². The minimum Gasteiger partial charge on any atom is -0.507 e. The maximum atomic E-state index is 13.6. The van der Waals surface area contributed by atoms with Crippen LogP contribution in [0.2, 0.25) is 0 Å². The van der Waals surface area contributed by atoms with Gasteiger partial charge in [-0.15, -0.1) is 10.2 Å². The summed E-state index contributed by atoms with van der Waals surface area (Å²) in [6.07, 6.45) is 0.864.